The lowest BCUT2D eigenvalue weighted by Gasteiger charge is -2.20. The molecule has 0 spiro atoms. The van der Waals surface area contributed by atoms with Gasteiger partial charge in [-0.3, -0.25) is 9.48 Å². The molecule has 0 bridgehead atoms. The van der Waals surface area contributed by atoms with Gasteiger partial charge in [0.1, 0.15) is 5.69 Å². The van der Waals surface area contributed by atoms with E-state index in [-0.39, 0.29) is 11.7 Å². The van der Waals surface area contributed by atoms with Crippen molar-refractivity contribution in [1.82, 2.24) is 9.78 Å². The molecule has 0 radical (unpaired) electrons. The molecule has 0 unspecified atom stereocenters. The molecule has 0 N–H and O–H groups in total. The van der Waals surface area contributed by atoms with Gasteiger partial charge < -0.3 is 0 Å². The monoisotopic (exact) mass is 270 g/mol. The molecule has 1 saturated carbocycles. The standard InChI is InChI=1S/C11H15BrN2O/c1-14-10(9(12)7-13-14)11(15)8-5-3-2-4-6-8/h7-8H,2-6H2,1H3. The van der Waals surface area contributed by atoms with E-state index in [1.165, 1.54) is 19.3 Å². The van der Waals surface area contributed by atoms with E-state index < -0.39 is 0 Å². The van der Waals surface area contributed by atoms with Crippen LogP contribution in [0.15, 0.2) is 10.7 Å². The van der Waals surface area contributed by atoms with Gasteiger partial charge in [-0.25, -0.2) is 0 Å². The zero-order valence-electron chi connectivity index (χ0n) is 8.87. The van der Waals surface area contributed by atoms with E-state index in [0.717, 1.165) is 23.0 Å². The quantitative estimate of drug-likeness (QED) is 0.775. The number of hydrogen-bond donors (Lipinski definition) is 0. The minimum absolute atomic E-state index is 0.213. The van der Waals surface area contributed by atoms with E-state index in [2.05, 4.69) is 21.0 Å². The third-order valence-electron chi connectivity index (χ3n) is 3.10. The molecule has 4 heteroatoms. The van der Waals surface area contributed by atoms with Crippen LogP contribution < -0.4 is 0 Å². The van der Waals surface area contributed by atoms with E-state index in [0.29, 0.717) is 0 Å². The van der Waals surface area contributed by atoms with Crippen LogP contribution in [0.3, 0.4) is 0 Å². The molecular weight excluding hydrogens is 256 g/mol. The minimum atomic E-state index is 0.213. The average molecular weight is 271 g/mol. The van der Waals surface area contributed by atoms with Gasteiger partial charge in [-0.2, -0.15) is 5.10 Å². The molecule has 1 heterocycles. The zero-order chi connectivity index (χ0) is 10.8. The summed E-state index contributed by atoms with van der Waals surface area (Å²) in [6.07, 6.45) is 7.41. The summed E-state index contributed by atoms with van der Waals surface area (Å²) in [5, 5.41) is 4.08. The third-order valence-corrected chi connectivity index (χ3v) is 3.68. The second kappa shape index (κ2) is 4.47. The van der Waals surface area contributed by atoms with Gasteiger partial charge in [-0.1, -0.05) is 19.3 Å². The number of aryl methyl sites for hydroxylation is 1. The summed E-state index contributed by atoms with van der Waals surface area (Å²) in [4.78, 5) is 12.2. The van der Waals surface area contributed by atoms with Crippen LogP contribution in [0.4, 0.5) is 0 Å². The third kappa shape index (κ3) is 2.14. The lowest BCUT2D eigenvalue weighted by Crippen LogP contribution is -2.20. The van der Waals surface area contributed by atoms with Crippen molar-refractivity contribution in [3.8, 4) is 0 Å². The molecule has 2 rings (SSSR count). The van der Waals surface area contributed by atoms with E-state index >= 15 is 0 Å². The van der Waals surface area contributed by atoms with Crippen molar-refractivity contribution in [3.05, 3.63) is 16.4 Å². The van der Waals surface area contributed by atoms with Gasteiger partial charge in [0, 0.05) is 13.0 Å². The predicted octanol–water partition coefficient (Wildman–Crippen LogP) is 2.95. The molecule has 0 saturated heterocycles. The second-order valence-corrected chi connectivity index (χ2v) is 5.02. The summed E-state index contributed by atoms with van der Waals surface area (Å²) in [6.45, 7) is 0. The average Bonchev–Trinajstić information content (AvgIpc) is 2.59. The van der Waals surface area contributed by atoms with Crippen LogP contribution in [0.5, 0.6) is 0 Å². The zero-order valence-corrected chi connectivity index (χ0v) is 10.5. The first kappa shape index (κ1) is 10.9. The van der Waals surface area contributed by atoms with Crippen molar-refractivity contribution in [1.29, 1.82) is 0 Å². The second-order valence-electron chi connectivity index (χ2n) is 4.16. The molecule has 82 valence electrons. The highest BCUT2D eigenvalue weighted by molar-refractivity contribution is 9.10. The molecular formula is C11H15BrN2O. The molecule has 3 nitrogen and oxygen atoms in total. The fraction of sp³-hybridized carbons (Fsp3) is 0.636. The fourth-order valence-electron chi connectivity index (χ4n) is 2.25. The van der Waals surface area contributed by atoms with Crippen molar-refractivity contribution < 1.29 is 4.79 Å². The fourth-order valence-corrected chi connectivity index (χ4v) is 2.79. The van der Waals surface area contributed by atoms with Crippen LogP contribution in [0, 0.1) is 5.92 Å². The largest absolute Gasteiger partial charge is 0.292 e. The van der Waals surface area contributed by atoms with E-state index in [1.54, 1.807) is 10.9 Å². The van der Waals surface area contributed by atoms with Gasteiger partial charge in [0.25, 0.3) is 0 Å². The highest BCUT2D eigenvalue weighted by Gasteiger charge is 2.26. The molecule has 15 heavy (non-hydrogen) atoms. The molecule has 1 aromatic rings. The molecule has 0 amide bonds. The van der Waals surface area contributed by atoms with Crippen LogP contribution in [-0.4, -0.2) is 15.6 Å². The molecule has 1 aliphatic carbocycles. The number of carbonyl (C=O) groups is 1. The van der Waals surface area contributed by atoms with E-state index in [9.17, 15) is 4.79 Å². The Labute approximate surface area is 98.0 Å². The Morgan fingerprint density at radius 3 is 2.67 bits per heavy atom. The summed E-state index contributed by atoms with van der Waals surface area (Å²) in [7, 11) is 1.82. The summed E-state index contributed by atoms with van der Waals surface area (Å²) >= 11 is 3.38. The van der Waals surface area contributed by atoms with Crippen LogP contribution in [0.2, 0.25) is 0 Å². The van der Waals surface area contributed by atoms with Gasteiger partial charge in [-0.05, 0) is 28.8 Å². The molecule has 1 aliphatic rings. The summed E-state index contributed by atoms with van der Waals surface area (Å²) in [5.41, 5.74) is 0.724. The lowest BCUT2D eigenvalue weighted by molar-refractivity contribution is 0.0879. The minimum Gasteiger partial charge on any atom is -0.292 e. The lowest BCUT2D eigenvalue weighted by atomic mass is 9.85. The Balaban J connectivity index is 2.19. The first-order chi connectivity index (χ1) is 7.20. The maximum atomic E-state index is 12.2. The normalized spacial score (nSPS) is 18.0. The van der Waals surface area contributed by atoms with E-state index in [1.807, 2.05) is 7.05 Å². The van der Waals surface area contributed by atoms with Crippen LogP contribution in [0.25, 0.3) is 0 Å². The van der Waals surface area contributed by atoms with Gasteiger partial charge in [0.2, 0.25) is 0 Å². The van der Waals surface area contributed by atoms with Crippen molar-refractivity contribution in [2.45, 2.75) is 32.1 Å². The van der Waals surface area contributed by atoms with Crippen molar-refractivity contribution in [2.75, 3.05) is 0 Å². The number of carbonyl (C=O) groups excluding carboxylic acids is 1. The van der Waals surface area contributed by atoms with Crippen molar-refractivity contribution >= 4 is 21.7 Å². The molecule has 0 aliphatic heterocycles. The Kier molecular flexibility index (Phi) is 3.24. The number of Topliss-reactive ketones (excluding diaryl/α,β-unsaturated/α-hetero) is 1. The molecule has 1 fully saturated rings. The van der Waals surface area contributed by atoms with E-state index in [4.69, 9.17) is 0 Å². The summed E-state index contributed by atoms with van der Waals surface area (Å²) in [6, 6.07) is 0. The Bertz CT molecular complexity index is 347. The van der Waals surface area contributed by atoms with Crippen molar-refractivity contribution in [3.63, 3.8) is 0 Å². The number of aromatic nitrogens is 2. The van der Waals surface area contributed by atoms with Crippen molar-refractivity contribution in [2.24, 2.45) is 13.0 Å². The summed E-state index contributed by atoms with van der Waals surface area (Å²) in [5.74, 6) is 0.465. The first-order valence-electron chi connectivity index (χ1n) is 5.42. The molecule has 0 aromatic carbocycles. The number of rotatable bonds is 2. The van der Waals surface area contributed by atoms with Crippen LogP contribution in [-0.2, 0) is 7.05 Å². The number of halogens is 1. The number of ketones is 1. The van der Waals surface area contributed by atoms with Crippen LogP contribution >= 0.6 is 15.9 Å². The smallest absolute Gasteiger partial charge is 0.185 e. The maximum Gasteiger partial charge on any atom is 0.185 e. The van der Waals surface area contributed by atoms with Crippen LogP contribution in [0.1, 0.15) is 42.6 Å². The predicted molar refractivity (Wildman–Crippen MR) is 61.8 cm³/mol. The van der Waals surface area contributed by atoms with Gasteiger partial charge in [0.05, 0.1) is 10.7 Å². The molecule has 1 aromatic heterocycles. The number of hydrogen-bond acceptors (Lipinski definition) is 2. The van der Waals surface area contributed by atoms with Gasteiger partial charge >= 0.3 is 0 Å². The summed E-state index contributed by atoms with van der Waals surface area (Å²) < 4.78 is 2.49. The van der Waals surface area contributed by atoms with Gasteiger partial charge in [-0.15, -0.1) is 0 Å². The SMILES string of the molecule is Cn1ncc(Br)c1C(=O)C1CCCCC1. The maximum absolute atomic E-state index is 12.2. The Morgan fingerprint density at radius 2 is 2.13 bits per heavy atom. The highest BCUT2D eigenvalue weighted by atomic mass is 79.9. The molecule has 0 atom stereocenters. The first-order valence-corrected chi connectivity index (χ1v) is 6.21. The van der Waals surface area contributed by atoms with Gasteiger partial charge in [0.15, 0.2) is 5.78 Å². The Morgan fingerprint density at radius 1 is 1.47 bits per heavy atom. The topological polar surface area (TPSA) is 34.9 Å². The Hall–Kier alpha value is -0.640. The highest BCUT2D eigenvalue weighted by Crippen LogP contribution is 2.28. The number of nitrogens with zero attached hydrogens (tertiary/aromatic N) is 2.